The van der Waals surface area contributed by atoms with E-state index in [0.717, 1.165) is 34.6 Å². The predicted octanol–water partition coefficient (Wildman–Crippen LogP) is 7.33. The molecular weight excluding hydrogens is 758 g/mol. The zero-order chi connectivity index (χ0) is 40.9. The third kappa shape index (κ3) is 9.29. The van der Waals surface area contributed by atoms with Crippen LogP contribution in [0.15, 0.2) is 113 Å². The maximum atomic E-state index is 12.8. The molecule has 18 heteroatoms. The topological polar surface area (TPSA) is 149 Å². The van der Waals surface area contributed by atoms with E-state index in [2.05, 4.69) is 30.6 Å². The zero-order valence-corrected chi connectivity index (χ0v) is 30.1. The third-order valence-corrected chi connectivity index (χ3v) is 8.64. The quantitative estimate of drug-likeness (QED) is 0.100. The zero-order valence-electron chi connectivity index (χ0n) is 30.1. The number of hydrogen-bond acceptors (Lipinski definition) is 10. The van der Waals surface area contributed by atoms with Gasteiger partial charge in [0.25, 0.3) is 11.1 Å². The number of pyridine rings is 2. The second kappa shape index (κ2) is 16.4. The summed E-state index contributed by atoms with van der Waals surface area (Å²) in [5, 5.41) is 16.9. The van der Waals surface area contributed by atoms with Crippen molar-refractivity contribution in [1.82, 2.24) is 29.4 Å². The molecule has 0 saturated heterocycles. The number of aromatic nitrogens is 6. The van der Waals surface area contributed by atoms with Gasteiger partial charge in [0, 0.05) is 25.2 Å². The summed E-state index contributed by atoms with van der Waals surface area (Å²) in [5.41, 5.74) is 1.96. The highest BCUT2D eigenvalue weighted by Gasteiger charge is 2.30. The molecule has 7 rings (SSSR count). The van der Waals surface area contributed by atoms with E-state index >= 15 is 0 Å². The molecule has 0 bridgehead atoms. The molecule has 0 unspecified atom stereocenters. The molecule has 0 aliphatic carbocycles. The van der Waals surface area contributed by atoms with Crippen LogP contribution in [0.2, 0.25) is 0 Å². The third-order valence-electron chi connectivity index (χ3n) is 8.64. The van der Waals surface area contributed by atoms with E-state index in [-0.39, 0.29) is 25.3 Å². The highest BCUT2D eigenvalue weighted by atomic mass is 19.4. The number of hydrogen-bond donors (Lipinski definition) is 3. The maximum absolute atomic E-state index is 12.8. The van der Waals surface area contributed by atoms with Crippen LogP contribution in [0.5, 0.6) is 0 Å². The Morgan fingerprint density at radius 2 is 1.07 bits per heavy atom. The number of nitrogens with one attached hydrogen (secondary N) is 2. The molecule has 0 amide bonds. The Morgan fingerprint density at radius 1 is 0.614 bits per heavy atom. The number of aryl methyl sites for hydroxylation is 2. The summed E-state index contributed by atoms with van der Waals surface area (Å²) in [4.78, 5) is 46.7. The fourth-order valence-electron chi connectivity index (χ4n) is 5.72. The summed E-state index contributed by atoms with van der Waals surface area (Å²) in [6, 6.07) is 21.5. The Bertz CT molecular complexity index is 2630. The molecule has 4 aromatic heterocycles. The SMILES string of the molecule is Cc1ncnc2c1c(NCc1ccc(C(F)(F)F)cc1)cc(=O)n2O.Cc1ncnc2c1c(NCc1ccc(C(F)(F)F)cc1)cc(=O)n2OCc1ccccc1. The summed E-state index contributed by atoms with van der Waals surface area (Å²) in [5.74, 6) is 0. The summed E-state index contributed by atoms with van der Waals surface area (Å²) in [6.45, 7) is 4.06. The van der Waals surface area contributed by atoms with Crippen LogP contribution in [0.4, 0.5) is 37.7 Å². The second-order valence-corrected chi connectivity index (χ2v) is 12.6. The van der Waals surface area contributed by atoms with E-state index < -0.39 is 34.6 Å². The van der Waals surface area contributed by atoms with Gasteiger partial charge in [-0.3, -0.25) is 9.59 Å². The number of rotatable bonds is 9. The molecule has 3 N–H and O–H groups in total. The van der Waals surface area contributed by atoms with Gasteiger partial charge < -0.3 is 20.7 Å². The van der Waals surface area contributed by atoms with Crippen molar-refractivity contribution < 1.29 is 36.4 Å². The van der Waals surface area contributed by atoms with Gasteiger partial charge in [-0.15, -0.1) is 9.46 Å². The Morgan fingerprint density at radius 3 is 1.56 bits per heavy atom. The Hall–Kier alpha value is -6.98. The van der Waals surface area contributed by atoms with Gasteiger partial charge in [0.2, 0.25) is 0 Å². The van der Waals surface area contributed by atoms with Crippen molar-refractivity contribution in [3.8, 4) is 0 Å². The van der Waals surface area contributed by atoms with Gasteiger partial charge in [0.15, 0.2) is 11.3 Å². The number of anilines is 2. The van der Waals surface area contributed by atoms with Crippen molar-refractivity contribution in [2.45, 2.75) is 45.9 Å². The molecule has 0 radical (unpaired) electrons. The van der Waals surface area contributed by atoms with E-state index in [4.69, 9.17) is 4.84 Å². The van der Waals surface area contributed by atoms with Crippen LogP contribution in [-0.2, 0) is 32.0 Å². The molecule has 7 aromatic rings. The molecule has 3 aromatic carbocycles. The van der Waals surface area contributed by atoms with E-state index in [9.17, 15) is 41.1 Å². The van der Waals surface area contributed by atoms with E-state index in [0.29, 0.717) is 55.0 Å². The minimum absolute atomic E-state index is 0.0509. The van der Waals surface area contributed by atoms with Crippen LogP contribution in [0.3, 0.4) is 0 Å². The van der Waals surface area contributed by atoms with Crippen molar-refractivity contribution in [3.05, 3.63) is 164 Å². The molecule has 0 aliphatic rings. The van der Waals surface area contributed by atoms with Crippen molar-refractivity contribution >= 4 is 33.4 Å². The highest BCUT2D eigenvalue weighted by molar-refractivity contribution is 5.91. The van der Waals surface area contributed by atoms with Crippen molar-refractivity contribution in [2.75, 3.05) is 10.6 Å². The maximum Gasteiger partial charge on any atom is 0.416 e. The molecule has 0 saturated carbocycles. The van der Waals surface area contributed by atoms with Crippen LogP contribution < -0.4 is 26.6 Å². The Kier molecular flexibility index (Phi) is 11.4. The summed E-state index contributed by atoms with van der Waals surface area (Å²) in [7, 11) is 0. The monoisotopic (exact) mass is 790 g/mol. The number of fused-ring (bicyclic) bond motifs is 2. The highest BCUT2D eigenvalue weighted by Crippen LogP contribution is 2.31. The van der Waals surface area contributed by atoms with Crippen LogP contribution in [0.25, 0.3) is 22.1 Å². The van der Waals surface area contributed by atoms with Gasteiger partial charge in [-0.25, -0.2) is 19.9 Å². The van der Waals surface area contributed by atoms with Gasteiger partial charge >= 0.3 is 12.4 Å². The van der Waals surface area contributed by atoms with Gasteiger partial charge in [-0.2, -0.15) is 26.3 Å². The Labute approximate surface area is 319 Å². The largest absolute Gasteiger partial charge is 0.423 e. The molecule has 0 spiro atoms. The molecule has 0 fully saturated rings. The normalized spacial score (nSPS) is 11.6. The average molecular weight is 791 g/mol. The average Bonchev–Trinajstić information content (AvgIpc) is 3.18. The number of benzene rings is 3. The lowest BCUT2D eigenvalue weighted by Gasteiger charge is -2.15. The van der Waals surface area contributed by atoms with Gasteiger partial charge in [-0.05, 0) is 54.8 Å². The summed E-state index contributed by atoms with van der Waals surface area (Å²) < 4.78 is 77.6. The summed E-state index contributed by atoms with van der Waals surface area (Å²) >= 11 is 0. The lowest BCUT2D eigenvalue weighted by atomic mass is 10.1. The predicted molar refractivity (Wildman–Crippen MR) is 199 cm³/mol. The molecule has 0 atom stereocenters. The number of halogens is 6. The van der Waals surface area contributed by atoms with Crippen molar-refractivity contribution in [3.63, 3.8) is 0 Å². The molecule has 12 nitrogen and oxygen atoms in total. The first kappa shape index (κ1) is 39.7. The van der Waals surface area contributed by atoms with Crippen LogP contribution in [0, 0.1) is 13.8 Å². The van der Waals surface area contributed by atoms with Crippen LogP contribution in [0.1, 0.15) is 39.2 Å². The lowest BCUT2D eigenvalue weighted by molar-refractivity contribution is -0.138. The molecule has 57 heavy (non-hydrogen) atoms. The molecular formula is C39H32F6N8O4. The lowest BCUT2D eigenvalue weighted by Crippen LogP contribution is -2.28. The first-order chi connectivity index (χ1) is 27.1. The second-order valence-electron chi connectivity index (χ2n) is 12.6. The first-order valence-corrected chi connectivity index (χ1v) is 17.0. The minimum Gasteiger partial charge on any atom is -0.423 e. The van der Waals surface area contributed by atoms with Crippen molar-refractivity contribution in [1.29, 1.82) is 0 Å². The van der Waals surface area contributed by atoms with Crippen LogP contribution >= 0.6 is 0 Å². The molecule has 0 aliphatic heterocycles. The van der Waals surface area contributed by atoms with E-state index in [1.807, 2.05) is 30.3 Å². The fourth-order valence-corrected chi connectivity index (χ4v) is 5.72. The molecule has 294 valence electrons. The smallest absolute Gasteiger partial charge is 0.416 e. The van der Waals surface area contributed by atoms with Gasteiger partial charge in [-0.1, -0.05) is 54.6 Å². The Balaban J connectivity index is 0.000000199. The fraction of sp³-hybridized carbons (Fsp3) is 0.179. The summed E-state index contributed by atoms with van der Waals surface area (Å²) in [6.07, 6.45) is -6.20. The van der Waals surface area contributed by atoms with E-state index in [1.165, 1.54) is 49.1 Å². The standard InChI is InChI=1S/C23H19F3N4O2.C16H13F3N4O2/c1-15-21-19(27-12-16-7-9-18(10-8-16)23(24,25)26)11-20(31)30(22(21)29-14-28-15)32-13-17-5-3-2-4-6-17;1-9-14-12(6-13(24)23(25)15(14)22-8-21-9)20-7-10-2-4-11(5-3-10)16(17,18)19/h2-11,14,27H,12-13H2,1H3;2-6,8,20,25H,7H2,1H3. The van der Waals surface area contributed by atoms with E-state index in [1.54, 1.807) is 13.8 Å². The molecule has 4 heterocycles. The first-order valence-electron chi connectivity index (χ1n) is 17.0. The number of alkyl halides is 6. The van der Waals surface area contributed by atoms with Gasteiger partial charge in [0.05, 0.1) is 44.7 Å². The minimum atomic E-state index is -4.39. The number of nitrogens with zero attached hydrogens (tertiary/aromatic N) is 6. The van der Waals surface area contributed by atoms with Crippen LogP contribution in [-0.4, -0.2) is 34.6 Å². The van der Waals surface area contributed by atoms with Gasteiger partial charge in [0.1, 0.15) is 19.3 Å². The van der Waals surface area contributed by atoms with Crippen molar-refractivity contribution in [2.24, 2.45) is 0 Å².